The molecule has 4 heteroatoms. The minimum absolute atomic E-state index is 0.0174. The lowest BCUT2D eigenvalue weighted by Crippen LogP contribution is -2.00. The largest absolute Gasteiger partial charge is 0.456 e. The van der Waals surface area contributed by atoms with Gasteiger partial charge in [-0.2, -0.15) is 0 Å². The zero-order valence-corrected chi connectivity index (χ0v) is 33.6. The molecular weight excluding hydrogens is 755 g/mol. The summed E-state index contributed by atoms with van der Waals surface area (Å²) in [6, 6.07) is 76.9. The average Bonchev–Trinajstić information content (AvgIpc) is 3.90. The SMILES string of the molecule is c1ccc(-c2ccc(-c3nc(-c4ccc(-c5ccccc5)cc4)nc(-c4ccc5c(c4)oc4c(C6c7ccccc7-c7c(-c8ccccc8)cccc76)cccc45)n3)cc2)cc1. The molecular formula is C58H37N3O. The van der Waals surface area contributed by atoms with Gasteiger partial charge in [0.1, 0.15) is 11.2 Å². The van der Waals surface area contributed by atoms with Gasteiger partial charge in [-0.15, -0.1) is 0 Å². The fourth-order valence-corrected chi connectivity index (χ4v) is 9.28. The third kappa shape index (κ3) is 6.12. The molecule has 0 radical (unpaired) electrons. The number of hydrogen-bond donors (Lipinski definition) is 0. The van der Waals surface area contributed by atoms with Crippen LogP contribution in [-0.2, 0) is 0 Å². The van der Waals surface area contributed by atoms with Crippen LogP contribution in [-0.4, -0.2) is 15.0 Å². The van der Waals surface area contributed by atoms with Crippen molar-refractivity contribution in [2.24, 2.45) is 0 Å². The maximum Gasteiger partial charge on any atom is 0.164 e. The van der Waals surface area contributed by atoms with Crippen LogP contribution in [0.25, 0.3) is 101 Å². The molecule has 0 N–H and O–H groups in total. The maximum atomic E-state index is 6.97. The molecule has 11 aromatic rings. The van der Waals surface area contributed by atoms with Crippen molar-refractivity contribution in [3.63, 3.8) is 0 Å². The number of furan rings is 1. The van der Waals surface area contributed by atoms with Crippen LogP contribution in [0.3, 0.4) is 0 Å². The van der Waals surface area contributed by atoms with Gasteiger partial charge in [0.05, 0.1) is 0 Å². The topological polar surface area (TPSA) is 51.8 Å². The summed E-state index contributed by atoms with van der Waals surface area (Å²) >= 11 is 0. The standard InChI is InChI=1S/C58H37N3O/c1-4-14-37(15-5-1)39-26-30-42(31-27-39)56-59-57(43-32-28-40(29-33-43)38-16-6-2-7-17-38)61-58(60-56)44-34-35-46-49-23-13-25-51(55(49)62-52(46)36-44)54-48-21-11-10-20-47(48)53-45(22-12-24-50(53)54)41-18-8-3-9-19-41/h1-36,54H. The van der Waals surface area contributed by atoms with E-state index in [2.05, 4.69) is 206 Å². The Hall–Kier alpha value is -8.21. The summed E-state index contributed by atoms with van der Waals surface area (Å²) in [5.41, 5.74) is 17.7. The number of nitrogens with zero attached hydrogens (tertiary/aromatic N) is 3. The third-order valence-electron chi connectivity index (χ3n) is 12.3. The van der Waals surface area contributed by atoms with Gasteiger partial charge < -0.3 is 4.42 Å². The summed E-state index contributed by atoms with van der Waals surface area (Å²) in [7, 11) is 0. The molecule has 2 aromatic heterocycles. The molecule has 12 rings (SSSR count). The predicted molar refractivity (Wildman–Crippen MR) is 253 cm³/mol. The van der Waals surface area contributed by atoms with Gasteiger partial charge in [0.15, 0.2) is 17.5 Å². The minimum atomic E-state index is 0.0174. The Labute approximate surface area is 359 Å². The van der Waals surface area contributed by atoms with Crippen LogP contribution in [0.1, 0.15) is 22.6 Å². The van der Waals surface area contributed by atoms with E-state index in [9.17, 15) is 0 Å². The van der Waals surface area contributed by atoms with Crippen LogP contribution in [0, 0.1) is 0 Å². The molecule has 1 aliphatic carbocycles. The first kappa shape index (κ1) is 35.7. The summed E-state index contributed by atoms with van der Waals surface area (Å²) in [5.74, 6) is 1.82. The first-order valence-corrected chi connectivity index (χ1v) is 21.0. The van der Waals surface area contributed by atoms with Crippen molar-refractivity contribution in [3.05, 3.63) is 235 Å². The smallest absolute Gasteiger partial charge is 0.164 e. The van der Waals surface area contributed by atoms with Gasteiger partial charge in [-0.3, -0.25) is 0 Å². The Morgan fingerprint density at radius 1 is 0.306 bits per heavy atom. The highest BCUT2D eigenvalue weighted by atomic mass is 16.3. The van der Waals surface area contributed by atoms with E-state index in [1.54, 1.807) is 0 Å². The van der Waals surface area contributed by atoms with Crippen LogP contribution >= 0.6 is 0 Å². The summed E-state index contributed by atoms with van der Waals surface area (Å²) in [5, 5.41) is 2.14. The molecule has 0 saturated carbocycles. The molecule has 0 saturated heterocycles. The van der Waals surface area contributed by atoms with Crippen molar-refractivity contribution in [3.8, 4) is 78.7 Å². The molecule has 0 aliphatic heterocycles. The monoisotopic (exact) mass is 791 g/mol. The zero-order chi connectivity index (χ0) is 41.0. The second-order valence-corrected chi connectivity index (χ2v) is 15.9. The number of aromatic nitrogens is 3. The average molecular weight is 792 g/mol. The Morgan fingerprint density at radius 2 is 0.758 bits per heavy atom. The van der Waals surface area contributed by atoms with Crippen molar-refractivity contribution in [1.82, 2.24) is 15.0 Å². The van der Waals surface area contributed by atoms with Gasteiger partial charge in [-0.05, 0) is 67.8 Å². The Morgan fingerprint density at radius 3 is 1.39 bits per heavy atom. The molecule has 1 aliphatic rings. The molecule has 62 heavy (non-hydrogen) atoms. The number of rotatable bonds is 7. The van der Waals surface area contributed by atoms with Gasteiger partial charge in [0.25, 0.3) is 0 Å². The molecule has 2 heterocycles. The van der Waals surface area contributed by atoms with Gasteiger partial charge in [-0.1, -0.05) is 206 Å². The lowest BCUT2D eigenvalue weighted by atomic mass is 9.87. The Balaban J connectivity index is 0.977. The van der Waals surface area contributed by atoms with Gasteiger partial charge >= 0.3 is 0 Å². The van der Waals surface area contributed by atoms with E-state index in [0.29, 0.717) is 17.5 Å². The minimum Gasteiger partial charge on any atom is -0.456 e. The highest BCUT2D eigenvalue weighted by molar-refractivity contribution is 6.07. The molecule has 0 bridgehead atoms. The van der Waals surface area contributed by atoms with Gasteiger partial charge in [0, 0.05) is 38.9 Å². The van der Waals surface area contributed by atoms with Crippen molar-refractivity contribution < 1.29 is 4.42 Å². The van der Waals surface area contributed by atoms with Gasteiger partial charge in [-0.25, -0.2) is 15.0 Å². The van der Waals surface area contributed by atoms with Crippen molar-refractivity contribution >= 4 is 21.9 Å². The fraction of sp³-hybridized carbons (Fsp3) is 0.0172. The summed E-state index contributed by atoms with van der Waals surface area (Å²) in [6.07, 6.45) is 0. The van der Waals surface area contributed by atoms with E-state index in [4.69, 9.17) is 19.4 Å². The van der Waals surface area contributed by atoms with Crippen molar-refractivity contribution in [1.29, 1.82) is 0 Å². The van der Waals surface area contributed by atoms with Crippen LogP contribution in [0.15, 0.2) is 223 Å². The van der Waals surface area contributed by atoms with E-state index in [-0.39, 0.29) is 5.92 Å². The number of benzene rings is 9. The summed E-state index contributed by atoms with van der Waals surface area (Å²) < 4.78 is 6.97. The Bertz CT molecular complexity index is 3330. The predicted octanol–water partition coefficient (Wildman–Crippen LogP) is 14.9. The van der Waals surface area contributed by atoms with E-state index in [0.717, 1.165) is 66.4 Å². The molecule has 1 unspecified atom stereocenters. The highest BCUT2D eigenvalue weighted by Gasteiger charge is 2.33. The number of para-hydroxylation sites is 1. The van der Waals surface area contributed by atoms with Crippen molar-refractivity contribution in [2.75, 3.05) is 0 Å². The number of fused-ring (bicyclic) bond motifs is 6. The zero-order valence-electron chi connectivity index (χ0n) is 33.6. The molecule has 0 amide bonds. The van der Waals surface area contributed by atoms with Crippen LogP contribution in [0.2, 0.25) is 0 Å². The van der Waals surface area contributed by atoms with Crippen LogP contribution in [0.5, 0.6) is 0 Å². The summed E-state index contributed by atoms with van der Waals surface area (Å²) in [4.78, 5) is 15.3. The van der Waals surface area contributed by atoms with Crippen LogP contribution in [0.4, 0.5) is 0 Å². The van der Waals surface area contributed by atoms with Crippen LogP contribution < -0.4 is 0 Å². The molecule has 0 spiro atoms. The van der Waals surface area contributed by atoms with Crippen molar-refractivity contribution in [2.45, 2.75) is 5.92 Å². The normalized spacial score (nSPS) is 13.0. The molecule has 0 fully saturated rings. The van der Waals surface area contributed by atoms with E-state index in [1.165, 1.54) is 33.4 Å². The molecule has 290 valence electrons. The third-order valence-corrected chi connectivity index (χ3v) is 12.3. The first-order valence-electron chi connectivity index (χ1n) is 21.0. The molecule has 4 nitrogen and oxygen atoms in total. The maximum absolute atomic E-state index is 6.97. The quantitative estimate of drug-likeness (QED) is 0.161. The van der Waals surface area contributed by atoms with E-state index >= 15 is 0 Å². The Kier molecular flexibility index (Phi) is 8.53. The first-order chi connectivity index (χ1) is 30.7. The number of hydrogen-bond acceptors (Lipinski definition) is 4. The lowest BCUT2D eigenvalue weighted by Gasteiger charge is -2.15. The molecule has 1 atom stereocenters. The van der Waals surface area contributed by atoms with E-state index in [1.807, 2.05) is 12.1 Å². The summed E-state index contributed by atoms with van der Waals surface area (Å²) in [6.45, 7) is 0. The van der Waals surface area contributed by atoms with Gasteiger partial charge in [0.2, 0.25) is 0 Å². The molecule has 9 aromatic carbocycles. The fourth-order valence-electron chi connectivity index (χ4n) is 9.28. The van der Waals surface area contributed by atoms with E-state index < -0.39 is 0 Å². The highest BCUT2D eigenvalue weighted by Crippen LogP contribution is 2.53. The second kappa shape index (κ2) is 14.8. The second-order valence-electron chi connectivity index (χ2n) is 15.9. The lowest BCUT2D eigenvalue weighted by molar-refractivity contribution is 0.661.